The molecule has 5 heteroatoms. The highest BCUT2D eigenvalue weighted by Gasteiger charge is 2.29. The zero-order valence-corrected chi connectivity index (χ0v) is 17.8. The van der Waals surface area contributed by atoms with Crippen LogP contribution in [0, 0.1) is 0 Å². The number of carbonyl (C=O) groups is 1. The zero-order valence-electron chi connectivity index (χ0n) is 17.0. The van der Waals surface area contributed by atoms with E-state index in [2.05, 4.69) is 30.5 Å². The summed E-state index contributed by atoms with van der Waals surface area (Å²) < 4.78 is 5.74. The SMILES string of the molecule is C=C[C@@H](c1ccc(Cl)cc1CCC)N1CCN(C(=O)OC2CCCCC2)CC1. The summed E-state index contributed by atoms with van der Waals surface area (Å²) in [6.45, 7) is 9.32. The Morgan fingerprint density at radius 2 is 1.96 bits per heavy atom. The molecule has 1 aliphatic carbocycles. The van der Waals surface area contributed by atoms with E-state index in [1.807, 2.05) is 17.0 Å². The number of nitrogens with zero attached hydrogens (tertiary/aromatic N) is 2. The molecule has 2 fully saturated rings. The van der Waals surface area contributed by atoms with Crippen molar-refractivity contribution in [2.24, 2.45) is 0 Å². The topological polar surface area (TPSA) is 32.8 Å². The van der Waals surface area contributed by atoms with Gasteiger partial charge < -0.3 is 9.64 Å². The van der Waals surface area contributed by atoms with Gasteiger partial charge >= 0.3 is 6.09 Å². The molecule has 0 N–H and O–H groups in total. The van der Waals surface area contributed by atoms with Crippen LogP contribution >= 0.6 is 11.6 Å². The lowest BCUT2D eigenvalue weighted by molar-refractivity contribution is 0.0298. The van der Waals surface area contributed by atoms with Crippen molar-refractivity contribution in [2.45, 2.75) is 64.0 Å². The molecular weight excluding hydrogens is 372 g/mol. The van der Waals surface area contributed by atoms with E-state index >= 15 is 0 Å². The second-order valence-electron chi connectivity index (χ2n) is 7.94. The predicted octanol–water partition coefficient (Wildman–Crippen LogP) is 5.61. The Kier molecular flexibility index (Phi) is 7.81. The Bertz CT molecular complexity index is 665. The van der Waals surface area contributed by atoms with Crippen molar-refractivity contribution < 1.29 is 9.53 Å². The van der Waals surface area contributed by atoms with Crippen LogP contribution in [0.4, 0.5) is 4.79 Å². The molecule has 1 saturated heterocycles. The number of rotatable bonds is 6. The van der Waals surface area contributed by atoms with Gasteiger partial charge in [-0.1, -0.05) is 43.5 Å². The van der Waals surface area contributed by atoms with Gasteiger partial charge in [0.2, 0.25) is 0 Å². The molecule has 1 atom stereocenters. The Balaban J connectivity index is 1.60. The second-order valence-corrected chi connectivity index (χ2v) is 8.38. The van der Waals surface area contributed by atoms with Gasteiger partial charge in [0.05, 0.1) is 6.04 Å². The summed E-state index contributed by atoms with van der Waals surface area (Å²) in [5, 5.41) is 0.783. The number of ether oxygens (including phenoxy) is 1. The van der Waals surface area contributed by atoms with Crippen LogP contribution in [0.5, 0.6) is 0 Å². The van der Waals surface area contributed by atoms with Crippen molar-refractivity contribution in [3.05, 3.63) is 47.0 Å². The first-order chi connectivity index (χ1) is 13.6. The molecule has 2 aliphatic rings. The Morgan fingerprint density at radius 1 is 1.25 bits per heavy atom. The van der Waals surface area contributed by atoms with Crippen LogP contribution in [-0.4, -0.2) is 48.2 Å². The van der Waals surface area contributed by atoms with E-state index < -0.39 is 0 Å². The Morgan fingerprint density at radius 3 is 2.61 bits per heavy atom. The van der Waals surface area contributed by atoms with Crippen molar-refractivity contribution >= 4 is 17.7 Å². The highest BCUT2D eigenvalue weighted by atomic mass is 35.5. The molecule has 0 spiro atoms. The predicted molar refractivity (Wildman–Crippen MR) is 115 cm³/mol. The fourth-order valence-corrected chi connectivity index (χ4v) is 4.60. The maximum atomic E-state index is 12.5. The lowest BCUT2D eigenvalue weighted by Gasteiger charge is -2.39. The summed E-state index contributed by atoms with van der Waals surface area (Å²) >= 11 is 6.22. The number of hydrogen-bond donors (Lipinski definition) is 0. The van der Waals surface area contributed by atoms with E-state index in [0.717, 1.165) is 43.8 Å². The highest BCUT2D eigenvalue weighted by molar-refractivity contribution is 6.30. The van der Waals surface area contributed by atoms with E-state index in [4.69, 9.17) is 16.3 Å². The lowest BCUT2D eigenvalue weighted by Crippen LogP contribution is -2.50. The van der Waals surface area contributed by atoms with E-state index in [1.165, 1.54) is 30.4 Å². The van der Waals surface area contributed by atoms with E-state index in [1.54, 1.807) is 0 Å². The largest absolute Gasteiger partial charge is 0.446 e. The quantitative estimate of drug-likeness (QED) is 0.578. The third-order valence-electron chi connectivity index (χ3n) is 5.95. The smallest absolute Gasteiger partial charge is 0.410 e. The number of halogens is 1. The third-order valence-corrected chi connectivity index (χ3v) is 6.19. The third kappa shape index (κ3) is 5.30. The highest BCUT2D eigenvalue weighted by Crippen LogP contribution is 2.29. The van der Waals surface area contributed by atoms with Crippen molar-refractivity contribution in [3.63, 3.8) is 0 Å². The van der Waals surface area contributed by atoms with Crippen LogP contribution in [-0.2, 0) is 11.2 Å². The van der Waals surface area contributed by atoms with Gasteiger partial charge in [0, 0.05) is 31.2 Å². The average molecular weight is 405 g/mol. The van der Waals surface area contributed by atoms with E-state index in [-0.39, 0.29) is 18.2 Å². The fraction of sp³-hybridized carbons (Fsp3) is 0.609. The van der Waals surface area contributed by atoms with Crippen molar-refractivity contribution in [3.8, 4) is 0 Å². The molecule has 28 heavy (non-hydrogen) atoms. The molecule has 4 nitrogen and oxygen atoms in total. The molecule has 0 aromatic heterocycles. The van der Waals surface area contributed by atoms with Gasteiger partial charge in [0.15, 0.2) is 0 Å². The van der Waals surface area contributed by atoms with Crippen LogP contribution < -0.4 is 0 Å². The minimum atomic E-state index is -0.139. The Hall–Kier alpha value is -1.52. The lowest BCUT2D eigenvalue weighted by atomic mass is 9.95. The van der Waals surface area contributed by atoms with Gasteiger partial charge in [-0.15, -0.1) is 6.58 Å². The standard InChI is InChI=1S/C23H33ClN2O2/c1-3-8-18-17-19(24)11-12-21(18)22(4-2)25-13-15-26(16-14-25)23(27)28-20-9-6-5-7-10-20/h4,11-12,17,20,22H,2-3,5-10,13-16H2,1H3/t22-/m0/s1. The van der Waals surface area contributed by atoms with Crippen LogP contribution in [0.2, 0.25) is 5.02 Å². The second kappa shape index (κ2) is 10.3. The van der Waals surface area contributed by atoms with Crippen LogP contribution in [0.1, 0.15) is 62.6 Å². The van der Waals surface area contributed by atoms with Crippen LogP contribution in [0.25, 0.3) is 0 Å². The monoisotopic (exact) mass is 404 g/mol. The van der Waals surface area contributed by atoms with Gasteiger partial charge in [0.25, 0.3) is 0 Å². The Labute approximate surface area is 174 Å². The molecule has 3 rings (SSSR count). The number of piperazine rings is 1. The van der Waals surface area contributed by atoms with Crippen molar-refractivity contribution in [2.75, 3.05) is 26.2 Å². The number of benzene rings is 1. The molecule has 154 valence electrons. The number of carbonyl (C=O) groups excluding carboxylic acids is 1. The van der Waals surface area contributed by atoms with Crippen LogP contribution in [0.15, 0.2) is 30.9 Å². The van der Waals surface area contributed by atoms with Crippen LogP contribution in [0.3, 0.4) is 0 Å². The molecule has 0 unspecified atom stereocenters. The molecule has 1 aromatic rings. The summed E-state index contributed by atoms with van der Waals surface area (Å²) in [7, 11) is 0. The first-order valence-electron chi connectivity index (χ1n) is 10.7. The van der Waals surface area contributed by atoms with Gasteiger partial charge in [-0.05, 0) is 55.4 Å². The van der Waals surface area contributed by atoms with Crippen molar-refractivity contribution in [1.29, 1.82) is 0 Å². The van der Waals surface area contributed by atoms with E-state index in [9.17, 15) is 4.79 Å². The molecule has 1 heterocycles. The summed E-state index contributed by atoms with van der Waals surface area (Å²) in [6.07, 6.45) is 9.72. The fourth-order valence-electron chi connectivity index (χ4n) is 4.40. The molecule has 1 amide bonds. The maximum absolute atomic E-state index is 12.5. The normalized spacial score (nSPS) is 20.0. The maximum Gasteiger partial charge on any atom is 0.410 e. The number of aryl methyl sites for hydroxylation is 1. The van der Waals surface area contributed by atoms with Gasteiger partial charge in [-0.3, -0.25) is 4.90 Å². The minimum absolute atomic E-state index is 0.117. The van der Waals surface area contributed by atoms with Gasteiger partial charge in [-0.2, -0.15) is 0 Å². The molecule has 1 aromatic carbocycles. The summed E-state index contributed by atoms with van der Waals surface area (Å²) in [4.78, 5) is 16.8. The molecular formula is C23H33ClN2O2. The van der Waals surface area contributed by atoms with Gasteiger partial charge in [0.1, 0.15) is 6.10 Å². The number of hydrogen-bond acceptors (Lipinski definition) is 3. The molecule has 1 aliphatic heterocycles. The summed E-state index contributed by atoms with van der Waals surface area (Å²) in [6, 6.07) is 6.32. The first kappa shape index (κ1) is 21.2. The first-order valence-corrected chi connectivity index (χ1v) is 11.1. The molecule has 0 radical (unpaired) electrons. The average Bonchev–Trinajstić information content (AvgIpc) is 2.71. The summed E-state index contributed by atoms with van der Waals surface area (Å²) in [5.41, 5.74) is 2.57. The van der Waals surface area contributed by atoms with E-state index in [0.29, 0.717) is 13.1 Å². The number of amides is 1. The van der Waals surface area contributed by atoms with Gasteiger partial charge in [-0.25, -0.2) is 4.79 Å². The molecule has 1 saturated carbocycles. The molecule has 0 bridgehead atoms. The van der Waals surface area contributed by atoms with Crippen molar-refractivity contribution in [1.82, 2.24) is 9.80 Å². The minimum Gasteiger partial charge on any atom is -0.446 e. The summed E-state index contributed by atoms with van der Waals surface area (Å²) in [5.74, 6) is 0. The zero-order chi connectivity index (χ0) is 19.9.